The molecule has 0 radical (unpaired) electrons. The molecule has 5 rings (SSSR count). The molecule has 31 heavy (non-hydrogen) atoms. The molecule has 0 heterocycles. The van der Waals surface area contributed by atoms with Crippen molar-refractivity contribution < 1.29 is 0 Å². The highest BCUT2D eigenvalue weighted by atomic mass is 14.1. The van der Waals surface area contributed by atoms with Gasteiger partial charge in [0.15, 0.2) is 0 Å². The monoisotopic (exact) mass is 398 g/mol. The van der Waals surface area contributed by atoms with E-state index in [0.29, 0.717) is 5.92 Å². The molecule has 0 heteroatoms. The molecule has 0 aromatic heterocycles. The number of fused-ring (bicyclic) bond motifs is 1. The summed E-state index contributed by atoms with van der Waals surface area (Å²) in [5.74, 6) is 0.538. The standard InChI is InChI=1S/C31H26/c1-22(2)23-15-17-25(18-16-23)28-19-27(24-9-4-3-5-10-24)20-29(21-28)31-14-8-12-26-11-6-7-13-30(26)31/h3-22H,1-2H3. The topological polar surface area (TPSA) is 0 Å². The van der Waals surface area contributed by atoms with Crippen LogP contribution < -0.4 is 0 Å². The van der Waals surface area contributed by atoms with Gasteiger partial charge in [-0.1, -0.05) is 111 Å². The smallest absolute Gasteiger partial charge is 0.0105 e. The van der Waals surface area contributed by atoms with Crippen LogP contribution in [0.4, 0.5) is 0 Å². The van der Waals surface area contributed by atoms with Crippen molar-refractivity contribution in [3.8, 4) is 33.4 Å². The normalized spacial score (nSPS) is 11.2. The fraction of sp³-hybridized carbons (Fsp3) is 0.0968. The highest BCUT2D eigenvalue weighted by Crippen LogP contribution is 2.36. The average Bonchev–Trinajstić information content (AvgIpc) is 2.84. The van der Waals surface area contributed by atoms with Gasteiger partial charge in [-0.3, -0.25) is 0 Å². The highest BCUT2D eigenvalue weighted by Gasteiger charge is 2.10. The summed E-state index contributed by atoms with van der Waals surface area (Å²) in [6.45, 7) is 4.48. The third-order valence-electron chi connectivity index (χ3n) is 6.05. The molecular formula is C31H26. The maximum absolute atomic E-state index is 2.33. The third kappa shape index (κ3) is 3.90. The van der Waals surface area contributed by atoms with Gasteiger partial charge in [-0.25, -0.2) is 0 Å². The van der Waals surface area contributed by atoms with E-state index in [1.54, 1.807) is 0 Å². The molecule has 0 spiro atoms. The number of benzene rings is 5. The van der Waals surface area contributed by atoms with Gasteiger partial charge >= 0.3 is 0 Å². The molecule has 0 N–H and O–H groups in total. The van der Waals surface area contributed by atoms with Gasteiger partial charge in [-0.15, -0.1) is 0 Å². The van der Waals surface area contributed by atoms with Crippen molar-refractivity contribution in [1.29, 1.82) is 0 Å². The van der Waals surface area contributed by atoms with Gasteiger partial charge in [0.05, 0.1) is 0 Å². The van der Waals surface area contributed by atoms with Crippen LogP contribution in [0.25, 0.3) is 44.2 Å². The van der Waals surface area contributed by atoms with Crippen molar-refractivity contribution in [1.82, 2.24) is 0 Å². The first-order valence-electron chi connectivity index (χ1n) is 11.0. The van der Waals surface area contributed by atoms with Crippen LogP contribution in [0.1, 0.15) is 25.3 Å². The van der Waals surface area contributed by atoms with Crippen LogP contribution in [0.15, 0.2) is 115 Å². The van der Waals surface area contributed by atoms with Crippen molar-refractivity contribution in [3.05, 3.63) is 121 Å². The highest BCUT2D eigenvalue weighted by molar-refractivity contribution is 5.98. The van der Waals surface area contributed by atoms with E-state index in [9.17, 15) is 0 Å². The zero-order valence-corrected chi connectivity index (χ0v) is 18.0. The minimum atomic E-state index is 0.538. The molecule has 0 fully saturated rings. The summed E-state index contributed by atoms with van der Waals surface area (Å²) >= 11 is 0. The third-order valence-corrected chi connectivity index (χ3v) is 6.05. The Morgan fingerprint density at radius 1 is 0.452 bits per heavy atom. The second-order valence-corrected chi connectivity index (χ2v) is 8.47. The maximum atomic E-state index is 2.33. The van der Waals surface area contributed by atoms with Gasteiger partial charge in [0.25, 0.3) is 0 Å². The van der Waals surface area contributed by atoms with E-state index in [1.165, 1.54) is 49.7 Å². The van der Waals surface area contributed by atoms with Gasteiger partial charge in [-0.05, 0) is 73.8 Å². The molecule has 150 valence electrons. The number of rotatable bonds is 4. The molecule has 0 aliphatic rings. The minimum Gasteiger partial charge on any atom is -0.0622 e. The first kappa shape index (κ1) is 19.3. The second kappa shape index (κ2) is 8.24. The van der Waals surface area contributed by atoms with Crippen molar-refractivity contribution in [3.63, 3.8) is 0 Å². The zero-order chi connectivity index (χ0) is 21.2. The molecule has 0 aliphatic heterocycles. The van der Waals surface area contributed by atoms with E-state index >= 15 is 0 Å². The lowest BCUT2D eigenvalue weighted by Gasteiger charge is -2.14. The summed E-state index contributed by atoms with van der Waals surface area (Å²) in [5.41, 5.74) is 8.89. The van der Waals surface area contributed by atoms with Gasteiger partial charge in [0.2, 0.25) is 0 Å². The quantitative estimate of drug-likeness (QED) is 0.283. The van der Waals surface area contributed by atoms with Crippen LogP contribution in [0, 0.1) is 0 Å². The molecule has 0 saturated heterocycles. The van der Waals surface area contributed by atoms with Crippen LogP contribution in [0.5, 0.6) is 0 Å². The van der Waals surface area contributed by atoms with E-state index in [2.05, 4.69) is 129 Å². The Bertz CT molecular complexity index is 1320. The number of hydrogen-bond acceptors (Lipinski definition) is 0. The van der Waals surface area contributed by atoms with Crippen LogP contribution in [0.2, 0.25) is 0 Å². The summed E-state index contributed by atoms with van der Waals surface area (Å²) in [5, 5.41) is 2.56. The first-order chi connectivity index (χ1) is 15.2. The van der Waals surface area contributed by atoms with Gasteiger partial charge in [-0.2, -0.15) is 0 Å². The predicted octanol–water partition coefficient (Wildman–Crippen LogP) is 8.96. The summed E-state index contributed by atoms with van der Waals surface area (Å²) in [7, 11) is 0. The molecular weight excluding hydrogens is 372 g/mol. The van der Waals surface area contributed by atoms with Gasteiger partial charge in [0.1, 0.15) is 0 Å². The van der Waals surface area contributed by atoms with Crippen LogP contribution >= 0.6 is 0 Å². The fourth-order valence-corrected chi connectivity index (χ4v) is 4.28. The molecule has 0 bridgehead atoms. The molecule has 0 atom stereocenters. The van der Waals surface area contributed by atoms with E-state index in [-0.39, 0.29) is 0 Å². The Morgan fingerprint density at radius 3 is 1.74 bits per heavy atom. The summed E-state index contributed by atoms with van der Waals surface area (Å²) in [6, 6.07) is 41.9. The lowest BCUT2D eigenvalue weighted by molar-refractivity contribution is 0.867. The Hall–Kier alpha value is -3.64. The Labute approximate surface area is 184 Å². The molecule has 0 amide bonds. The van der Waals surface area contributed by atoms with E-state index < -0.39 is 0 Å². The fourth-order valence-electron chi connectivity index (χ4n) is 4.28. The lowest BCUT2D eigenvalue weighted by atomic mass is 9.90. The SMILES string of the molecule is CC(C)c1ccc(-c2cc(-c3ccccc3)cc(-c3cccc4ccccc34)c2)cc1. The summed E-state index contributed by atoms with van der Waals surface area (Å²) < 4.78 is 0. The largest absolute Gasteiger partial charge is 0.0622 e. The van der Waals surface area contributed by atoms with Crippen molar-refractivity contribution in [2.45, 2.75) is 19.8 Å². The molecule has 0 unspecified atom stereocenters. The summed E-state index contributed by atoms with van der Waals surface area (Å²) in [4.78, 5) is 0. The Kier molecular flexibility index (Phi) is 5.14. The van der Waals surface area contributed by atoms with Gasteiger partial charge in [0, 0.05) is 0 Å². The molecule has 5 aromatic carbocycles. The first-order valence-corrected chi connectivity index (χ1v) is 11.0. The van der Waals surface area contributed by atoms with Crippen molar-refractivity contribution in [2.24, 2.45) is 0 Å². The van der Waals surface area contributed by atoms with Crippen molar-refractivity contribution >= 4 is 10.8 Å². The molecule has 0 aliphatic carbocycles. The van der Waals surface area contributed by atoms with Gasteiger partial charge < -0.3 is 0 Å². The molecule has 0 nitrogen and oxygen atoms in total. The Morgan fingerprint density at radius 2 is 1.03 bits per heavy atom. The molecule has 0 saturated carbocycles. The molecule has 5 aromatic rings. The predicted molar refractivity (Wildman–Crippen MR) is 134 cm³/mol. The maximum Gasteiger partial charge on any atom is -0.0105 e. The van der Waals surface area contributed by atoms with E-state index in [0.717, 1.165) is 0 Å². The van der Waals surface area contributed by atoms with E-state index in [4.69, 9.17) is 0 Å². The minimum absolute atomic E-state index is 0.538. The van der Waals surface area contributed by atoms with Crippen LogP contribution in [-0.2, 0) is 0 Å². The zero-order valence-electron chi connectivity index (χ0n) is 18.0. The van der Waals surface area contributed by atoms with Crippen molar-refractivity contribution in [2.75, 3.05) is 0 Å². The van der Waals surface area contributed by atoms with E-state index in [1.807, 2.05) is 0 Å². The van der Waals surface area contributed by atoms with Crippen LogP contribution in [-0.4, -0.2) is 0 Å². The van der Waals surface area contributed by atoms with Crippen LogP contribution in [0.3, 0.4) is 0 Å². The lowest BCUT2D eigenvalue weighted by Crippen LogP contribution is -1.89. The Balaban J connectivity index is 1.72. The average molecular weight is 399 g/mol. The summed E-state index contributed by atoms with van der Waals surface area (Å²) in [6.07, 6.45) is 0. The second-order valence-electron chi connectivity index (χ2n) is 8.47. The number of hydrogen-bond donors (Lipinski definition) is 0.